The first-order valence-electron chi connectivity index (χ1n) is 6.29. The van der Waals surface area contributed by atoms with Crippen molar-refractivity contribution in [3.8, 4) is 0 Å². The van der Waals surface area contributed by atoms with Gasteiger partial charge in [-0.05, 0) is 50.3 Å². The maximum Gasteiger partial charge on any atom is 0.241 e. The Hall–Kier alpha value is -0.690. The lowest BCUT2D eigenvalue weighted by Gasteiger charge is -2.29. The van der Waals surface area contributed by atoms with Crippen molar-refractivity contribution in [3.05, 3.63) is 29.6 Å². The van der Waals surface area contributed by atoms with Gasteiger partial charge in [0.25, 0.3) is 0 Å². The van der Waals surface area contributed by atoms with E-state index in [9.17, 15) is 12.8 Å². The summed E-state index contributed by atoms with van der Waals surface area (Å²) < 4.78 is 40.6. The summed E-state index contributed by atoms with van der Waals surface area (Å²) in [4.78, 5) is -0.0593. The van der Waals surface area contributed by atoms with Crippen molar-refractivity contribution in [3.63, 3.8) is 0 Å². The van der Waals surface area contributed by atoms with Gasteiger partial charge in [-0.25, -0.2) is 17.5 Å². The topological polar surface area (TPSA) is 72.2 Å². The number of nitrogens with one attached hydrogen (secondary N) is 1. The SMILES string of the molecule is Cc1ccc(S(=O)(=O)NC(C)(CN)C2CC2)cc1F.Cl. The fraction of sp³-hybridized carbons (Fsp3) is 0.538. The number of halogens is 2. The van der Waals surface area contributed by atoms with Crippen LogP contribution in [0.25, 0.3) is 0 Å². The molecule has 1 unspecified atom stereocenters. The minimum absolute atomic E-state index is 0. The fourth-order valence-corrected chi connectivity index (χ4v) is 3.61. The number of aryl methyl sites for hydroxylation is 1. The third-order valence-electron chi connectivity index (χ3n) is 3.72. The maximum atomic E-state index is 13.5. The predicted molar refractivity (Wildman–Crippen MR) is 78.9 cm³/mol. The van der Waals surface area contributed by atoms with E-state index >= 15 is 0 Å². The Morgan fingerprint density at radius 2 is 2.05 bits per heavy atom. The van der Waals surface area contributed by atoms with Crippen LogP contribution in [0.5, 0.6) is 0 Å². The molecule has 1 atom stereocenters. The Balaban J connectivity index is 0.00000200. The van der Waals surface area contributed by atoms with Gasteiger partial charge in [-0.3, -0.25) is 0 Å². The molecule has 114 valence electrons. The molecule has 0 amide bonds. The first-order valence-corrected chi connectivity index (χ1v) is 7.77. The maximum absolute atomic E-state index is 13.5. The second-order valence-electron chi connectivity index (χ2n) is 5.41. The number of nitrogens with two attached hydrogens (primary N) is 1. The number of hydrogen-bond donors (Lipinski definition) is 2. The van der Waals surface area contributed by atoms with Crippen molar-refractivity contribution in [1.29, 1.82) is 0 Å². The van der Waals surface area contributed by atoms with Gasteiger partial charge in [0.15, 0.2) is 0 Å². The van der Waals surface area contributed by atoms with Crippen LogP contribution in [0, 0.1) is 18.7 Å². The molecule has 1 aliphatic rings. The van der Waals surface area contributed by atoms with Crippen LogP contribution in [0.2, 0.25) is 0 Å². The third kappa shape index (κ3) is 3.49. The first kappa shape index (κ1) is 17.4. The van der Waals surface area contributed by atoms with E-state index in [-0.39, 0.29) is 29.8 Å². The molecule has 1 aliphatic carbocycles. The van der Waals surface area contributed by atoms with E-state index in [1.807, 2.05) is 0 Å². The highest BCUT2D eigenvalue weighted by Gasteiger charge is 2.43. The van der Waals surface area contributed by atoms with Gasteiger partial charge in [0, 0.05) is 12.1 Å². The molecule has 0 bridgehead atoms. The van der Waals surface area contributed by atoms with Gasteiger partial charge in [-0.2, -0.15) is 0 Å². The second-order valence-corrected chi connectivity index (χ2v) is 7.09. The van der Waals surface area contributed by atoms with Crippen LogP contribution in [0.1, 0.15) is 25.3 Å². The molecular formula is C13H20ClFN2O2S. The van der Waals surface area contributed by atoms with Gasteiger partial charge in [0.2, 0.25) is 10.0 Å². The second kappa shape index (κ2) is 5.97. The Kier molecular flexibility index (Phi) is 5.18. The third-order valence-corrected chi connectivity index (χ3v) is 5.33. The molecule has 1 saturated carbocycles. The van der Waals surface area contributed by atoms with Crippen LogP contribution in [0.4, 0.5) is 4.39 Å². The van der Waals surface area contributed by atoms with Crippen molar-refractivity contribution in [2.24, 2.45) is 11.7 Å². The van der Waals surface area contributed by atoms with Crippen molar-refractivity contribution in [2.45, 2.75) is 37.1 Å². The molecule has 3 N–H and O–H groups in total. The van der Waals surface area contributed by atoms with E-state index in [1.54, 1.807) is 13.8 Å². The molecule has 2 rings (SSSR count). The lowest BCUT2D eigenvalue weighted by atomic mass is 9.98. The normalized spacial score (nSPS) is 18.2. The fourth-order valence-electron chi connectivity index (χ4n) is 2.12. The molecule has 1 aromatic carbocycles. The van der Waals surface area contributed by atoms with Crippen LogP contribution in [-0.4, -0.2) is 20.5 Å². The molecule has 0 heterocycles. The Morgan fingerprint density at radius 3 is 2.50 bits per heavy atom. The summed E-state index contributed by atoms with van der Waals surface area (Å²) in [6.07, 6.45) is 1.94. The molecule has 0 aliphatic heterocycles. The summed E-state index contributed by atoms with van der Waals surface area (Å²) in [6, 6.07) is 3.91. The van der Waals surface area contributed by atoms with E-state index < -0.39 is 21.4 Å². The zero-order valence-corrected chi connectivity index (χ0v) is 13.2. The Bertz CT molecular complexity index is 590. The molecule has 0 radical (unpaired) electrons. The molecule has 0 spiro atoms. The highest BCUT2D eigenvalue weighted by Crippen LogP contribution is 2.39. The monoisotopic (exact) mass is 322 g/mol. The summed E-state index contributed by atoms with van der Waals surface area (Å²) in [5, 5.41) is 0. The van der Waals surface area contributed by atoms with Gasteiger partial charge < -0.3 is 5.73 Å². The van der Waals surface area contributed by atoms with Gasteiger partial charge in [-0.1, -0.05) is 6.07 Å². The van der Waals surface area contributed by atoms with Crippen molar-refractivity contribution in [1.82, 2.24) is 4.72 Å². The van der Waals surface area contributed by atoms with E-state index in [1.165, 1.54) is 12.1 Å². The van der Waals surface area contributed by atoms with E-state index in [0.717, 1.165) is 18.9 Å². The van der Waals surface area contributed by atoms with E-state index in [4.69, 9.17) is 5.73 Å². The molecule has 4 nitrogen and oxygen atoms in total. The van der Waals surface area contributed by atoms with Crippen molar-refractivity contribution in [2.75, 3.05) is 6.54 Å². The average molecular weight is 323 g/mol. The zero-order valence-electron chi connectivity index (χ0n) is 11.5. The first-order chi connectivity index (χ1) is 8.78. The minimum atomic E-state index is -3.74. The van der Waals surface area contributed by atoms with Crippen LogP contribution in [0.15, 0.2) is 23.1 Å². The van der Waals surface area contributed by atoms with Crippen molar-refractivity contribution < 1.29 is 12.8 Å². The van der Waals surface area contributed by atoms with Gasteiger partial charge in [-0.15, -0.1) is 12.4 Å². The summed E-state index contributed by atoms with van der Waals surface area (Å²) in [6.45, 7) is 3.62. The van der Waals surface area contributed by atoms with Crippen LogP contribution < -0.4 is 10.5 Å². The van der Waals surface area contributed by atoms with E-state index in [2.05, 4.69) is 4.72 Å². The number of benzene rings is 1. The lowest BCUT2D eigenvalue weighted by molar-refractivity contribution is 0.374. The number of hydrogen-bond acceptors (Lipinski definition) is 3. The average Bonchev–Trinajstić information content (AvgIpc) is 3.16. The summed E-state index contributed by atoms with van der Waals surface area (Å²) >= 11 is 0. The molecule has 20 heavy (non-hydrogen) atoms. The number of sulfonamides is 1. The van der Waals surface area contributed by atoms with Crippen molar-refractivity contribution >= 4 is 22.4 Å². The molecule has 1 fully saturated rings. The minimum Gasteiger partial charge on any atom is -0.329 e. The molecule has 0 saturated heterocycles. The largest absolute Gasteiger partial charge is 0.329 e. The quantitative estimate of drug-likeness (QED) is 0.870. The number of rotatable bonds is 5. The Labute approximate surface area is 125 Å². The van der Waals surface area contributed by atoms with Gasteiger partial charge in [0.1, 0.15) is 5.82 Å². The molecule has 0 aromatic heterocycles. The van der Waals surface area contributed by atoms with Crippen LogP contribution in [-0.2, 0) is 10.0 Å². The zero-order chi connectivity index (χ0) is 14.3. The standard InChI is InChI=1S/C13H19FN2O2S.ClH/c1-9-3-6-11(7-12(9)14)19(17,18)16-13(2,8-15)10-4-5-10;/h3,6-7,10,16H,4-5,8,15H2,1-2H3;1H. The lowest BCUT2D eigenvalue weighted by Crippen LogP contribution is -2.52. The molecular weight excluding hydrogens is 303 g/mol. The van der Waals surface area contributed by atoms with Gasteiger partial charge in [0.05, 0.1) is 4.90 Å². The predicted octanol–water partition coefficient (Wildman–Crippen LogP) is 1.96. The summed E-state index contributed by atoms with van der Waals surface area (Å²) in [7, 11) is -3.74. The molecule has 1 aromatic rings. The van der Waals surface area contributed by atoms with Crippen LogP contribution >= 0.6 is 12.4 Å². The highest BCUT2D eigenvalue weighted by atomic mass is 35.5. The summed E-state index contributed by atoms with van der Waals surface area (Å²) in [5.41, 5.74) is 5.45. The highest BCUT2D eigenvalue weighted by molar-refractivity contribution is 7.89. The van der Waals surface area contributed by atoms with Crippen LogP contribution in [0.3, 0.4) is 0 Å². The smallest absolute Gasteiger partial charge is 0.241 e. The molecule has 7 heteroatoms. The summed E-state index contributed by atoms with van der Waals surface area (Å²) in [5.74, 6) is -0.258. The van der Waals surface area contributed by atoms with E-state index in [0.29, 0.717) is 5.56 Å². The van der Waals surface area contributed by atoms with Gasteiger partial charge >= 0.3 is 0 Å². The Morgan fingerprint density at radius 1 is 1.45 bits per heavy atom.